The highest BCUT2D eigenvalue weighted by atomic mass is 16.5. The van der Waals surface area contributed by atoms with Gasteiger partial charge in [-0.2, -0.15) is 5.10 Å². The SMILES string of the molecule is COC1CCN(Cc2noc3cc(Nc4n[nH]c5cccnc45)ccc23)CC1. The first-order valence-corrected chi connectivity index (χ1v) is 9.50. The Labute approximate surface area is 161 Å². The van der Waals surface area contributed by atoms with Gasteiger partial charge in [-0.1, -0.05) is 5.16 Å². The molecular weight excluding hydrogens is 356 g/mol. The van der Waals surface area contributed by atoms with E-state index in [9.17, 15) is 0 Å². The second kappa shape index (κ2) is 7.21. The summed E-state index contributed by atoms with van der Waals surface area (Å²) in [7, 11) is 1.79. The highest BCUT2D eigenvalue weighted by Gasteiger charge is 2.20. The van der Waals surface area contributed by atoms with Gasteiger partial charge >= 0.3 is 0 Å². The number of aromatic amines is 1. The average molecular weight is 378 g/mol. The number of aromatic nitrogens is 4. The van der Waals surface area contributed by atoms with Crippen LogP contribution in [0.5, 0.6) is 0 Å². The molecular formula is C20H22N6O2. The fourth-order valence-corrected chi connectivity index (χ4v) is 3.77. The summed E-state index contributed by atoms with van der Waals surface area (Å²) in [5.74, 6) is 0.690. The molecule has 1 aromatic carbocycles. The summed E-state index contributed by atoms with van der Waals surface area (Å²) in [5, 5.41) is 15.9. The number of rotatable bonds is 5. The Bertz CT molecular complexity index is 1100. The van der Waals surface area contributed by atoms with E-state index in [2.05, 4.69) is 30.6 Å². The van der Waals surface area contributed by atoms with Gasteiger partial charge in [-0.25, -0.2) is 0 Å². The number of hydrogen-bond acceptors (Lipinski definition) is 7. The lowest BCUT2D eigenvalue weighted by Gasteiger charge is -2.30. The van der Waals surface area contributed by atoms with Gasteiger partial charge in [0.1, 0.15) is 11.2 Å². The zero-order valence-electron chi connectivity index (χ0n) is 15.7. The summed E-state index contributed by atoms with van der Waals surface area (Å²) < 4.78 is 11.0. The molecule has 8 heteroatoms. The summed E-state index contributed by atoms with van der Waals surface area (Å²) in [6.45, 7) is 2.83. The third-order valence-electron chi connectivity index (χ3n) is 5.37. The van der Waals surface area contributed by atoms with E-state index in [1.54, 1.807) is 13.3 Å². The lowest BCUT2D eigenvalue weighted by Crippen LogP contribution is -2.36. The van der Waals surface area contributed by atoms with Gasteiger partial charge in [0.05, 0.1) is 11.6 Å². The molecule has 1 saturated heterocycles. The van der Waals surface area contributed by atoms with E-state index in [1.165, 1.54) is 0 Å². The van der Waals surface area contributed by atoms with E-state index in [0.717, 1.165) is 65.9 Å². The highest BCUT2D eigenvalue weighted by molar-refractivity contribution is 5.89. The molecule has 0 saturated carbocycles. The van der Waals surface area contributed by atoms with Gasteiger partial charge in [-0.05, 0) is 37.1 Å². The number of methoxy groups -OCH3 is 1. The number of anilines is 2. The van der Waals surface area contributed by atoms with Crippen molar-refractivity contribution in [1.29, 1.82) is 0 Å². The molecule has 0 spiro atoms. The Morgan fingerprint density at radius 2 is 2.18 bits per heavy atom. The third-order valence-corrected chi connectivity index (χ3v) is 5.37. The van der Waals surface area contributed by atoms with Gasteiger partial charge < -0.3 is 14.6 Å². The summed E-state index contributed by atoms with van der Waals surface area (Å²) in [4.78, 5) is 6.78. The topological polar surface area (TPSA) is 92.1 Å². The second-order valence-corrected chi connectivity index (χ2v) is 7.15. The maximum absolute atomic E-state index is 5.60. The number of benzene rings is 1. The van der Waals surface area contributed by atoms with Gasteiger partial charge in [-0.15, -0.1) is 0 Å². The number of hydrogen-bond donors (Lipinski definition) is 2. The zero-order valence-corrected chi connectivity index (χ0v) is 15.7. The number of nitrogens with zero attached hydrogens (tertiary/aromatic N) is 4. The van der Waals surface area contributed by atoms with Crippen LogP contribution in [-0.4, -0.2) is 51.5 Å². The van der Waals surface area contributed by atoms with Crippen molar-refractivity contribution in [2.24, 2.45) is 0 Å². The molecule has 0 unspecified atom stereocenters. The maximum atomic E-state index is 5.60. The van der Waals surface area contributed by atoms with E-state index in [0.29, 0.717) is 11.9 Å². The Kier molecular flexibility index (Phi) is 4.42. The summed E-state index contributed by atoms with van der Waals surface area (Å²) >= 11 is 0. The molecule has 0 aliphatic carbocycles. The number of ether oxygens (including phenoxy) is 1. The smallest absolute Gasteiger partial charge is 0.178 e. The summed E-state index contributed by atoms with van der Waals surface area (Å²) in [6, 6.07) is 9.84. The van der Waals surface area contributed by atoms with E-state index in [1.807, 2.05) is 30.3 Å². The maximum Gasteiger partial charge on any atom is 0.178 e. The number of pyridine rings is 1. The summed E-state index contributed by atoms with van der Waals surface area (Å²) in [6.07, 6.45) is 4.26. The molecule has 0 bridgehead atoms. The number of nitrogens with one attached hydrogen (secondary N) is 2. The normalized spacial score (nSPS) is 16.2. The number of fused-ring (bicyclic) bond motifs is 2. The molecule has 0 amide bonds. The van der Waals surface area contributed by atoms with E-state index >= 15 is 0 Å². The number of piperidine rings is 1. The number of likely N-dealkylation sites (tertiary alicyclic amines) is 1. The van der Waals surface area contributed by atoms with Crippen molar-refractivity contribution in [2.45, 2.75) is 25.5 Å². The molecule has 4 heterocycles. The lowest BCUT2D eigenvalue weighted by molar-refractivity contribution is 0.0384. The van der Waals surface area contributed by atoms with Crippen molar-refractivity contribution < 1.29 is 9.26 Å². The zero-order chi connectivity index (χ0) is 18.9. The van der Waals surface area contributed by atoms with Crippen molar-refractivity contribution in [3.8, 4) is 0 Å². The van der Waals surface area contributed by atoms with Crippen LogP contribution < -0.4 is 5.32 Å². The molecule has 0 radical (unpaired) electrons. The van der Waals surface area contributed by atoms with Gasteiger partial charge in [-0.3, -0.25) is 15.0 Å². The predicted molar refractivity (Wildman–Crippen MR) is 106 cm³/mol. The molecule has 8 nitrogen and oxygen atoms in total. The molecule has 1 fully saturated rings. The minimum Gasteiger partial charge on any atom is -0.381 e. The highest BCUT2D eigenvalue weighted by Crippen LogP contribution is 2.27. The Morgan fingerprint density at radius 1 is 1.29 bits per heavy atom. The Morgan fingerprint density at radius 3 is 3.04 bits per heavy atom. The molecule has 4 aromatic rings. The molecule has 1 aliphatic rings. The average Bonchev–Trinajstić information content (AvgIpc) is 3.33. The van der Waals surface area contributed by atoms with Crippen LogP contribution in [0, 0.1) is 0 Å². The van der Waals surface area contributed by atoms with Crippen LogP contribution in [-0.2, 0) is 11.3 Å². The predicted octanol–water partition coefficient (Wildman–Crippen LogP) is 3.45. The van der Waals surface area contributed by atoms with Crippen molar-refractivity contribution in [3.05, 3.63) is 42.2 Å². The minimum absolute atomic E-state index is 0.381. The Hall–Kier alpha value is -2.97. The van der Waals surface area contributed by atoms with Crippen LogP contribution in [0.15, 0.2) is 41.1 Å². The van der Waals surface area contributed by atoms with Crippen LogP contribution >= 0.6 is 0 Å². The van der Waals surface area contributed by atoms with Crippen LogP contribution in [0.3, 0.4) is 0 Å². The van der Waals surface area contributed by atoms with Gasteiger partial charge in [0, 0.05) is 50.1 Å². The molecule has 5 rings (SSSR count). The van der Waals surface area contributed by atoms with Gasteiger partial charge in [0.15, 0.2) is 11.4 Å². The van der Waals surface area contributed by atoms with Crippen molar-refractivity contribution in [2.75, 3.05) is 25.5 Å². The van der Waals surface area contributed by atoms with Crippen LogP contribution in [0.25, 0.3) is 22.0 Å². The van der Waals surface area contributed by atoms with Crippen molar-refractivity contribution in [3.63, 3.8) is 0 Å². The second-order valence-electron chi connectivity index (χ2n) is 7.15. The number of H-pyrrole nitrogens is 1. The largest absolute Gasteiger partial charge is 0.381 e. The first-order chi connectivity index (χ1) is 13.8. The first kappa shape index (κ1) is 17.2. The molecule has 144 valence electrons. The standard InChI is InChI=1S/C20H22N6O2/c1-27-14-6-9-26(10-7-14)12-17-15-5-4-13(11-18(15)28-25-17)22-20-19-16(23-24-20)3-2-8-21-19/h2-5,8,11,14H,6-7,9-10,12H2,1H3,(H2,22,23,24). The van der Waals surface area contributed by atoms with Crippen LogP contribution in [0.1, 0.15) is 18.5 Å². The lowest BCUT2D eigenvalue weighted by atomic mass is 10.1. The fourth-order valence-electron chi connectivity index (χ4n) is 3.77. The molecule has 1 aliphatic heterocycles. The molecule has 0 atom stereocenters. The van der Waals surface area contributed by atoms with Crippen LogP contribution in [0.4, 0.5) is 11.5 Å². The van der Waals surface area contributed by atoms with E-state index in [-0.39, 0.29) is 0 Å². The van der Waals surface area contributed by atoms with Crippen molar-refractivity contribution >= 4 is 33.5 Å². The first-order valence-electron chi connectivity index (χ1n) is 9.50. The molecule has 3 aromatic heterocycles. The fraction of sp³-hybridized carbons (Fsp3) is 0.350. The van der Waals surface area contributed by atoms with Crippen LogP contribution in [0.2, 0.25) is 0 Å². The van der Waals surface area contributed by atoms with Gasteiger partial charge in [0.2, 0.25) is 0 Å². The monoisotopic (exact) mass is 378 g/mol. The Balaban J connectivity index is 1.33. The molecule has 28 heavy (non-hydrogen) atoms. The molecule has 2 N–H and O–H groups in total. The summed E-state index contributed by atoms with van der Waals surface area (Å²) in [5.41, 5.74) is 4.32. The van der Waals surface area contributed by atoms with Crippen molar-refractivity contribution in [1.82, 2.24) is 25.2 Å². The third kappa shape index (κ3) is 3.21. The van der Waals surface area contributed by atoms with Gasteiger partial charge in [0.25, 0.3) is 0 Å². The minimum atomic E-state index is 0.381. The quantitative estimate of drug-likeness (QED) is 0.549. The van der Waals surface area contributed by atoms with E-state index in [4.69, 9.17) is 9.26 Å². The van der Waals surface area contributed by atoms with E-state index < -0.39 is 0 Å².